The number of allylic oxidation sites excluding steroid dienone is 4. The van der Waals surface area contributed by atoms with Crippen LogP contribution in [-0.4, -0.2) is 110 Å². The molecular weight excluding hydrogens is 799 g/mol. The topological polar surface area (TPSA) is 189 Å². The first-order valence-corrected chi connectivity index (χ1v) is 26.2. The van der Waals surface area contributed by atoms with Crippen LogP contribution in [0.3, 0.4) is 0 Å². The van der Waals surface area contributed by atoms with Gasteiger partial charge < -0.3 is 50.5 Å². The number of hydrogen-bond donors (Lipinski definition) is 8. The average Bonchev–Trinajstić information content (AvgIpc) is 3.28. The number of aliphatic hydroxyl groups excluding tert-OH is 7. The van der Waals surface area contributed by atoms with Gasteiger partial charge in [-0.1, -0.05) is 205 Å². The van der Waals surface area contributed by atoms with Crippen LogP contribution in [0.4, 0.5) is 0 Å². The second-order valence-electron chi connectivity index (χ2n) is 18.6. The lowest BCUT2D eigenvalue weighted by molar-refractivity contribution is -0.303. The maximum Gasteiger partial charge on any atom is 0.249 e. The van der Waals surface area contributed by atoms with E-state index >= 15 is 0 Å². The highest BCUT2D eigenvalue weighted by Crippen LogP contribution is 2.23. The third-order valence-electron chi connectivity index (χ3n) is 12.7. The number of nitrogens with one attached hydrogen (secondary N) is 1. The second-order valence-corrected chi connectivity index (χ2v) is 18.6. The van der Waals surface area contributed by atoms with Crippen molar-refractivity contribution in [1.82, 2.24) is 5.32 Å². The summed E-state index contributed by atoms with van der Waals surface area (Å²) in [7, 11) is 0. The minimum Gasteiger partial charge on any atom is -0.394 e. The molecule has 11 heteroatoms. The lowest BCUT2D eigenvalue weighted by Crippen LogP contribution is -2.60. The molecule has 0 radical (unpaired) electrons. The minimum absolute atomic E-state index is 0.248. The van der Waals surface area contributed by atoms with Crippen molar-refractivity contribution in [3.8, 4) is 0 Å². The molecule has 9 unspecified atom stereocenters. The van der Waals surface area contributed by atoms with Gasteiger partial charge in [-0.3, -0.25) is 4.79 Å². The van der Waals surface area contributed by atoms with Crippen LogP contribution < -0.4 is 5.32 Å². The first-order valence-electron chi connectivity index (χ1n) is 26.2. The van der Waals surface area contributed by atoms with Gasteiger partial charge >= 0.3 is 0 Å². The summed E-state index contributed by atoms with van der Waals surface area (Å²) >= 11 is 0. The molecule has 1 amide bonds. The number of carbonyl (C=O) groups is 1. The van der Waals surface area contributed by atoms with Crippen molar-refractivity contribution in [3.05, 3.63) is 24.3 Å². The summed E-state index contributed by atoms with van der Waals surface area (Å²) < 4.78 is 11.1. The van der Waals surface area contributed by atoms with E-state index in [2.05, 4.69) is 43.5 Å². The minimum atomic E-state index is -1.67. The highest BCUT2D eigenvalue weighted by molar-refractivity contribution is 5.80. The van der Waals surface area contributed by atoms with Crippen molar-refractivity contribution >= 4 is 5.91 Å². The van der Waals surface area contributed by atoms with Crippen LogP contribution >= 0.6 is 0 Å². The summed E-state index contributed by atoms with van der Waals surface area (Å²) in [5.74, 6) is -0.708. The van der Waals surface area contributed by atoms with Crippen molar-refractivity contribution in [2.75, 3.05) is 13.2 Å². The number of carbonyl (C=O) groups excluding carboxylic acids is 1. The van der Waals surface area contributed by atoms with Crippen LogP contribution in [0.5, 0.6) is 0 Å². The summed E-state index contributed by atoms with van der Waals surface area (Å²) in [5, 5.41) is 75.9. The Hall–Kier alpha value is -1.41. The predicted octanol–water partition coefficient (Wildman–Crippen LogP) is 9.79. The number of amides is 1. The molecule has 0 aromatic rings. The van der Waals surface area contributed by atoms with Gasteiger partial charge in [-0.15, -0.1) is 0 Å². The molecule has 9 atom stereocenters. The largest absolute Gasteiger partial charge is 0.394 e. The summed E-state index contributed by atoms with van der Waals surface area (Å²) in [6, 6.07) is -1.19. The Balaban J connectivity index is 2.41. The summed E-state index contributed by atoms with van der Waals surface area (Å²) in [6.07, 6.45) is 36.5. The van der Waals surface area contributed by atoms with Crippen LogP contribution in [-0.2, 0) is 14.3 Å². The molecule has 0 spiro atoms. The maximum atomic E-state index is 13.1. The molecule has 1 aliphatic rings. The van der Waals surface area contributed by atoms with Crippen molar-refractivity contribution in [1.29, 1.82) is 0 Å². The van der Waals surface area contributed by atoms with Crippen LogP contribution in [0.25, 0.3) is 0 Å². The van der Waals surface area contributed by atoms with Gasteiger partial charge in [0.1, 0.15) is 36.6 Å². The zero-order valence-corrected chi connectivity index (χ0v) is 40.3. The Morgan fingerprint density at radius 2 is 0.952 bits per heavy atom. The highest BCUT2D eigenvalue weighted by Gasteiger charge is 2.44. The molecule has 0 aromatic carbocycles. The van der Waals surface area contributed by atoms with Gasteiger partial charge in [-0.05, 0) is 51.4 Å². The van der Waals surface area contributed by atoms with Crippen LogP contribution in [0, 0.1) is 0 Å². The lowest BCUT2D eigenvalue weighted by Gasteiger charge is -2.40. The first-order chi connectivity index (χ1) is 30.7. The van der Waals surface area contributed by atoms with E-state index in [1.165, 1.54) is 148 Å². The molecule has 63 heavy (non-hydrogen) atoms. The summed E-state index contributed by atoms with van der Waals surface area (Å²) in [5.41, 5.74) is 0. The third kappa shape index (κ3) is 31.2. The zero-order chi connectivity index (χ0) is 46.2. The molecule has 8 N–H and O–H groups in total. The Labute approximate surface area is 384 Å². The van der Waals surface area contributed by atoms with Gasteiger partial charge in [0.25, 0.3) is 0 Å². The van der Waals surface area contributed by atoms with E-state index in [1.54, 1.807) is 0 Å². The van der Waals surface area contributed by atoms with Crippen molar-refractivity contribution in [2.24, 2.45) is 0 Å². The molecular formula is C52H99NO10. The SMILES string of the molecule is CCCCCCCCCCC/C=C/CC/C=C/CCCC(O)C(O)C(COC1OC(CO)C(O)C(O)C1O)NC(=O)C(O)CCCCCCCCCCCCCCCCCCCC. The molecule has 1 saturated heterocycles. The quantitative estimate of drug-likeness (QED) is 0.0216. The first kappa shape index (κ1) is 59.6. The zero-order valence-electron chi connectivity index (χ0n) is 40.3. The average molecular weight is 898 g/mol. The Morgan fingerprint density at radius 1 is 0.540 bits per heavy atom. The number of hydrogen-bond acceptors (Lipinski definition) is 10. The number of aliphatic hydroxyl groups is 7. The molecule has 1 rings (SSSR count). The van der Waals surface area contributed by atoms with E-state index in [9.17, 15) is 40.5 Å². The molecule has 372 valence electrons. The van der Waals surface area contributed by atoms with Gasteiger partial charge in [0.05, 0.1) is 25.4 Å². The maximum absolute atomic E-state index is 13.1. The molecule has 1 aliphatic heterocycles. The van der Waals surface area contributed by atoms with Crippen LogP contribution in [0.15, 0.2) is 24.3 Å². The van der Waals surface area contributed by atoms with E-state index in [0.29, 0.717) is 19.3 Å². The van der Waals surface area contributed by atoms with E-state index in [0.717, 1.165) is 38.5 Å². The van der Waals surface area contributed by atoms with Crippen molar-refractivity contribution in [2.45, 2.75) is 287 Å². The van der Waals surface area contributed by atoms with Gasteiger partial charge in [0.15, 0.2) is 6.29 Å². The van der Waals surface area contributed by atoms with Crippen molar-refractivity contribution < 1.29 is 50.0 Å². The van der Waals surface area contributed by atoms with Gasteiger partial charge in [0, 0.05) is 0 Å². The second kappa shape index (κ2) is 42.0. The Kier molecular flexibility index (Phi) is 39.7. The normalized spacial score (nSPS) is 21.3. The van der Waals surface area contributed by atoms with Gasteiger partial charge in [-0.2, -0.15) is 0 Å². The van der Waals surface area contributed by atoms with Gasteiger partial charge in [0.2, 0.25) is 5.91 Å². The lowest BCUT2D eigenvalue weighted by atomic mass is 9.98. The van der Waals surface area contributed by atoms with E-state index in [1.807, 2.05) is 0 Å². The fourth-order valence-electron chi connectivity index (χ4n) is 8.40. The number of rotatable bonds is 44. The van der Waals surface area contributed by atoms with Crippen LogP contribution in [0.1, 0.15) is 232 Å². The highest BCUT2D eigenvalue weighted by atomic mass is 16.7. The molecule has 1 fully saturated rings. The summed E-state index contributed by atoms with van der Waals surface area (Å²) in [4.78, 5) is 13.1. The standard InChI is InChI=1S/C52H99NO10/c1-3-5-7-9-11-13-15-17-19-21-23-25-27-29-31-33-35-37-39-44(55)47(57)43(42-62-52-50(60)49(59)48(58)46(41-54)63-52)53-51(61)45(56)40-38-36-34-32-30-28-26-24-22-20-18-16-14-12-10-8-6-4-2/h23,25,31,33,43-50,52,54-60H,3-22,24,26-30,32,34-42H2,1-2H3,(H,53,61)/b25-23+,33-31+. The van der Waals surface area contributed by atoms with E-state index in [4.69, 9.17) is 9.47 Å². The summed E-state index contributed by atoms with van der Waals surface area (Å²) in [6.45, 7) is 3.44. The van der Waals surface area contributed by atoms with Crippen LogP contribution in [0.2, 0.25) is 0 Å². The fourth-order valence-corrected chi connectivity index (χ4v) is 8.40. The molecule has 0 bridgehead atoms. The Morgan fingerprint density at radius 3 is 1.41 bits per heavy atom. The fraction of sp³-hybridized carbons (Fsp3) is 0.904. The third-order valence-corrected chi connectivity index (χ3v) is 12.7. The Bertz CT molecular complexity index is 1080. The molecule has 1 heterocycles. The monoisotopic (exact) mass is 898 g/mol. The smallest absolute Gasteiger partial charge is 0.249 e. The number of unbranched alkanes of at least 4 members (excludes halogenated alkanes) is 28. The molecule has 0 saturated carbocycles. The van der Waals surface area contributed by atoms with Gasteiger partial charge in [-0.25, -0.2) is 0 Å². The molecule has 0 aliphatic carbocycles. The van der Waals surface area contributed by atoms with E-state index < -0.39 is 74.2 Å². The number of ether oxygens (including phenoxy) is 2. The van der Waals surface area contributed by atoms with E-state index in [-0.39, 0.29) is 12.8 Å². The van der Waals surface area contributed by atoms with Crippen molar-refractivity contribution in [3.63, 3.8) is 0 Å². The predicted molar refractivity (Wildman–Crippen MR) is 256 cm³/mol. The molecule has 0 aromatic heterocycles. The molecule has 11 nitrogen and oxygen atoms in total.